The minimum atomic E-state index is 0.240. The number of alkyl halides is 1. The molecule has 0 atom stereocenters. The Kier molecular flexibility index (Phi) is 4.43. The molecule has 1 amide bonds. The van der Waals surface area contributed by atoms with Crippen molar-refractivity contribution in [2.45, 2.75) is 19.3 Å². The number of carbonyl (C=O) groups excluding carboxylic acids is 1. The molecule has 1 aliphatic heterocycles. The van der Waals surface area contributed by atoms with Crippen LogP contribution < -0.4 is 0 Å². The van der Waals surface area contributed by atoms with Gasteiger partial charge in [-0.2, -0.15) is 0 Å². The van der Waals surface area contributed by atoms with Gasteiger partial charge in [0.2, 0.25) is 5.91 Å². The average molecular weight is 252 g/mol. The van der Waals surface area contributed by atoms with E-state index < -0.39 is 0 Å². The van der Waals surface area contributed by atoms with Gasteiger partial charge in [0.1, 0.15) is 0 Å². The van der Waals surface area contributed by atoms with E-state index >= 15 is 0 Å². The van der Waals surface area contributed by atoms with E-state index in [2.05, 4.69) is 0 Å². The normalized spacial score (nSPS) is 17.1. The topological polar surface area (TPSA) is 20.3 Å². The zero-order valence-corrected chi connectivity index (χ0v) is 10.7. The van der Waals surface area contributed by atoms with Crippen molar-refractivity contribution in [2.75, 3.05) is 19.0 Å². The molecular formula is C14H18ClNO. The first kappa shape index (κ1) is 12.4. The maximum absolute atomic E-state index is 12.1. The van der Waals surface area contributed by atoms with Crippen molar-refractivity contribution in [2.24, 2.45) is 5.92 Å². The molecule has 1 fully saturated rings. The van der Waals surface area contributed by atoms with Crippen LogP contribution in [-0.2, 0) is 11.2 Å². The van der Waals surface area contributed by atoms with E-state index in [0.29, 0.717) is 12.3 Å². The molecule has 0 saturated carbocycles. The minimum Gasteiger partial charge on any atom is -0.342 e. The first-order valence-electron chi connectivity index (χ1n) is 6.17. The van der Waals surface area contributed by atoms with Crippen molar-refractivity contribution < 1.29 is 4.79 Å². The molecule has 92 valence electrons. The van der Waals surface area contributed by atoms with Crippen LogP contribution in [0.4, 0.5) is 0 Å². The fourth-order valence-corrected chi connectivity index (χ4v) is 2.53. The molecule has 0 radical (unpaired) electrons. The van der Waals surface area contributed by atoms with Crippen molar-refractivity contribution in [3.8, 4) is 0 Å². The van der Waals surface area contributed by atoms with Gasteiger partial charge in [0, 0.05) is 19.0 Å². The Bertz CT molecular complexity index is 358. The summed E-state index contributed by atoms with van der Waals surface area (Å²) in [7, 11) is 0. The summed E-state index contributed by atoms with van der Waals surface area (Å²) in [5.41, 5.74) is 1.09. The smallest absolute Gasteiger partial charge is 0.226 e. The lowest BCUT2D eigenvalue weighted by Gasteiger charge is -2.31. The van der Waals surface area contributed by atoms with Gasteiger partial charge in [-0.3, -0.25) is 4.79 Å². The molecular weight excluding hydrogens is 234 g/mol. The summed E-state index contributed by atoms with van der Waals surface area (Å²) in [5, 5.41) is 0. The van der Waals surface area contributed by atoms with Crippen molar-refractivity contribution in [1.82, 2.24) is 4.90 Å². The largest absolute Gasteiger partial charge is 0.342 e. The van der Waals surface area contributed by atoms with E-state index in [9.17, 15) is 4.79 Å². The Morgan fingerprint density at radius 1 is 1.24 bits per heavy atom. The van der Waals surface area contributed by atoms with Crippen LogP contribution in [0.5, 0.6) is 0 Å². The Labute approximate surface area is 108 Å². The lowest BCUT2D eigenvalue weighted by Crippen LogP contribution is -2.39. The number of hydrogen-bond acceptors (Lipinski definition) is 1. The molecule has 1 aromatic rings. The van der Waals surface area contributed by atoms with Gasteiger partial charge in [-0.15, -0.1) is 11.6 Å². The van der Waals surface area contributed by atoms with Gasteiger partial charge < -0.3 is 4.90 Å². The van der Waals surface area contributed by atoms with Crippen LogP contribution in [0.25, 0.3) is 0 Å². The van der Waals surface area contributed by atoms with Crippen LogP contribution in [0.3, 0.4) is 0 Å². The molecule has 3 heteroatoms. The Balaban J connectivity index is 1.85. The standard InChI is InChI=1S/C14H18ClNO/c15-11-13-6-8-16(9-7-13)14(17)10-12-4-2-1-3-5-12/h1-5,13H,6-11H2. The summed E-state index contributed by atoms with van der Waals surface area (Å²) in [6.07, 6.45) is 2.61. The van der Waals surface area contributed by atoms with E-state index in [1.807, 2.05) is 35.2 Å². The molecule has 2 rings (SSSR count). The predicted octanol–water partition coefficient (Wildman–Crippen LogP) is 2.71. The number of hydrogen-bond donors (Lipinski definition) is 0. The maximum atomic E-state index is 12.1. The molecule has 1 saturated heterocycles. The van der Waals surface area contributed by atoms with Crippen LogP contribution in [0.15, 0.2) is 30.3 Å². The molecule has 0 aromatic heterocycles. The lowest BCUT2D eigenvalue weighted by atomic mass is 9.98. The fraction of sp³-hybridized carbons (Fsp3) is 0.500. The third kappa shape index (κ3) is 3.47. The molecule has 0 unspecified atom stereocenters. The quantitative estimate of drug-likeness (QED) is 0.757. The average Bonchev–Trinajstić information content (AvgIpc) is 2.40. The number of rotatable bonds is 3. The molecule has 2 nitrogen and oxygen atoms in total. The van der Waals surface area contributed by atoms with Gasteiger partial charge >= 0.3 is 0 Å². The van der Waals surface area contributed by atoms with Gasteiger partial charge in [0.25, 0.3) is 0 Å². The van der Waals surface area contributed by atoms with Crippen LogP contribution >= 0.6 is 11.6 Å². The first-order valence-corrected chi connectivity index (χ1v) is 6.70. The number of halogens is 1. The maximum Gasteiger partial charge on any atom is 0.226 e. The van der Waals surface area contributed by atoms with Crippen LogP contribution in [-0.4, -0.2) is 29.8 Å². The third-order valence-corrected chi connectivity index (χ3v) is 3.82. The second kappa shape index (κ2) is 6.06. The second-order valence-corrected chi connectivity index (χ2v) is 4.95. The predicted molar refractivity (Wildman–Crippen MR) is 70.2 cm³/mol. The zero-order chi connectivity index (χ0) is 12.1. The minimum absolute atomic E-state index is 0.240. The fourth-order valence-electron chi connectivity index (χ4n) is 2.22. The summed E-state index contributed by atoms with van der Waals surface area (Å²) in [5.74, 6) is 1.56. The summed E-state index contributed by atoms with van der Waals surface area (Å²) >= 11 is 5.83. The number of amides is 1. The molecule has 0 spiro atoms. The lowest BCUT2D eigenvalue weighted by molar-refractivity contribution is -0.131. The monoisotopic (exact) mass is 251 g/mol. The van der Waals surface area contributed by atoms with Gasteiger partial charge in [-0.1, -0.05) is 30.3 Å². The molecule has 1 heterocycles. The Morgan fingerprint density at radius 2 is 1.88 bits per heavy atom. The highest BCUT2D eigenvalue weighted by molar-refractivity contribution is 6.18. The van der Waals surface area contributed by atoms with Gasteiger partial charge in [-0.25, -0.2) is 0 Å². The number of piperidine rings is 1. The van der Waals surface area contributed by atoms with E-state index in [0.717, 1.165) is 37.4 Å². The molecule has 17 heavy (non-hydrogen) atoms. The number of nitrogens with zero attached hydrogens (tertiary/aromatic N) is 1. The summed E-state index contributed by atoms with van der Waals surface area (Å²) in [6, 6.07) is 9.93. The molecule has 0 bridgehead atoms. The summed E-state index contributed by atoms with van der Waals surface area (Å²) < 4.78 is 0. The van der Waals surface area contributed by atoms with Gasteiger partial charge in [-0.05, 0) is 24.3 Å². The van der Waals surface area contributed by atoms with Crippen molar-refractivity contribution in [3.05, 3.63) is 35.9 Å². The van der Waals surface area contributed by atoms with Crippen molar-refractivity contribution in [3.63, 3.8) is 0 Å². The molecule has 1 aliphatic rings. The van der Waals surface area contributed by atoms with E-state index in [4.69, 9.17) is 11.6 Å². The highest BCUT2D eigenvalue weighted by atomic mass is 35.5. The number of likely N-dealkylation sites (tertiary alicyclic amines) is 1. The zero-order valence-electron chi connectivity index (χ0n) is 9.94. The molecule has 0 N–H and O–H groups in total. The Hall–Kier alpha value is -1.02. The number of benzene rings is 1. The second-order valence-electron chi connectivity index (χ2n) is 4.64. The molecule has 1 aromatic carbocycles. The van der Waals surface area contributed by atoms with Crippen LogP contribution in [0.1, 0.15) is 18.4 Å². The SMILES string of the molecule is O=C(Cc1ccccc1)N1CCC(CCl)CC1. The summed E-state index contributed by atoms with van der Waals surface area (Å²) in [6.45, 7) is 1.73. The number of carbonyl (C=O) groups is 1. The third-order valence-electron chi connectivity index (χ3n) is 3.38. The van der Waals surface area contributed by atoms with Crippen LogP contribution in [0, 0.1) is 5.92 Å². The summed E-state index contributed by atoms with van der Waals surface area (Å²) in [4.78, 5) is 14.0. The highest BCUT2D eigenvalue weighted by Gasteiger charge is 2.21. The van der Waals surface area contributed by atoms with E-state index in [1.54, 1.807) is 0 Å². The van der Waals surface area contributed by atoms with Crippen LogP contribution in [0.2, 0.25) is 0 Å². The van der Waals surface area contributed by atoms with E-state index in [-0.39, 0.29) is 5.91 Å². The molecule has 0 aliphatic carbocycles. The van der Waals surface area contributed by atoms with Crippen molar-refractivity contribution in [1.29, 1.82) is 0 Å². The van der Waals surface area contributed by atoms with Gasteiger partial charge in [0.15, 0.2) is 0 Å². The Morgan fingerprint density at radius 3 is 2.47 bits per heavy atom. The van der Waals surface area contributed by atoms with Crippen molar-refractivity contribution >= 4 is 17.5 Å². The van der Waals surface area contributed by atoms with Gasteiger partial charge in [0.05, 0.1) is 6.42 Å². The first-order chi connectivity index (χ1) is 8.29. The van der Waals surface area contributed by atoms with E-state index in [1.165, 1.54) is 0 Å². The highest BCUT2D eigenvalue weighted by Crippen LogP contribution is 2.19.